The quantitative estimate of drug-likeness (QED) is 0.654. The largest absolute Gasteiger partial charge is 0.480 e. The molecule has 1 aromatic heterocycles. The highest BCUT2D eigenvalue weighted by atomic mass is 32.1. The van der Waals surface area contributed by atoms with Gasteiger partial charge in [-0.05, 0) is 29.6 Å². The fourth-order valence-electron chi connectivity index (χ4n) is 1.28. The Balaban J connectivity index is 0.000000211. The Bertz CT molecular complexity index is 543. The van der Waals surface area contributed by atoms with Crippen LogP contribution in [0.1, 0.15) is 0 Å². The van der Waals surface area contributed by atoms with E-state index in [0.717, 1.165) is 10.7 Å². The maximum Gasteiger partial charge on any atom is 0.322 e. The number of para-hydroxylation sites is 1. The van der Waals surface area contributed by atoms with Crippen LogP contribution in [-0.4, -0.2) is 35.2 Å². The lowest BCUT2D eigenvalue weighted by Gasteiger charge is -2.00. The molecule has 0 saturated heterocycles. The summed E-state index contributed by atoms with van der Waals surface area (Å²) in [5.41, 5.74) is 0.829. The molecule has 0 amide bonds. The molecule has 0 unspecified atom stereocenters. The highest BCUT2D eigenvalue weighted by Gasteiger charge is 1.95. The minimum Gasteiger partial charge on any atom is -0.480 e. The highest BCUT2D eigenvalue weighted by Crippen LogP contribution is 2.13. The van der Waals surface area contributed by atoms with Crippen LogP contribution < -0.4 is 10.6 Å². The molecule has 2 rings (SSSR count). The number of rotatable bonds is 6. The molecule has 0 radical (unpaired) electrons. The van der Waals surface area contributed by atoms with Crippen LogP contribution in [0.4, 0.5) is 10.7 Å². The summed E-state index contributed by atoms with van der Waals surface area (Å²) in [6.45, 7) is -0.0511. The zero-order chi connectivity index (χ0) is 15.5. The predicted molar refractivity (Wildman–Crippen MR) is 83.0 cm³/mol. The predicted octanol–water partition coefficient (Wildman–Crippen LogP) is 2.43. The highest BCUT2D eigenvalue weighted by molar-refractivity contribution is 7.14. The molecule has 1 heterocycles. The van der Waals surface area contributed by atoms with Crippen molar-refractivity contribution in [2.75, 3.05) is 23.7 Å². The maximum atomic E-state index is 10.1. The molecule has 0 aliphatic rings. The average molecular weight is 308 g/mol. The summed E-state index contributed by atoms with van der Waals surface area (Å²) in [5, 5.41) is 24.8. The van der Waals surface area contributed by atoms with Gasteiger partial charge in [-0.1, -0.05) is 18.2 Å². The van der Waals surface area contributed by atoms with Gasteiger partial charge in [0.2, 0.25) is 0 Å². The van der Waals surface area contributed by atoms with Gasteiger partial charge in [0.15, 0.2) is 0 Å². The number of thiophene rings is 1. The molecular weight excluding hydrogens is 292 g/mol. The summed E-state index contributed by atoms with van der Waals surface area (Å²) >= 11 is 1.49. The lowest BCUT2D eigenvalue weighted by molar-refractivity contribution is -0.135. The first kappa shape index (κ1) is 16.5. The van der Waals surface area contributed by atoms with E-state index in [-0.39, 0.29) is 13.1 Å². The molecule has 0 bridgehead atoms. The number of carbonyl (C=O) groups is 2. The van der Waals surface area contributed by atoms with Gasteiger partial charge >= 0.3 is 11.9 Å². The lowest BCUT2D eigenvalue weighted by Crippen LogP contribution is -2.11. The Morgan fingerprint density at radius 3 is 2.05 bits per heavy atom. The van der Waals surface area contributed by atoms with Crippen LogP contribution in [0.15, 0.2) is 47.8 Å². The Labute approximate surface area is 126 Å². The fourth-order valence-corrected chi connectivity index (χ4v) is 1.89. The molecule has 7 heteroatoms. The van der Waals surface area contributed by atoms with Crippen LogP contribution >= 0.6 is 11.3 Å². The Morgan fingerprint density at radius 2 is 1.52 bits per heavy atom. The number of carboxylic acid groups (broad SMARTS) is 2. The first-order valence-electron chi connectivity index (χ1n) is 6.08. The molecule has 6 nitrogen and oxygen atoms in total. The maximum absolute atomic E-state index is 10.1. The smallest absolute Gasteiger partial charge is 0.322 e. The minimum atomic E-state index is -0.853. The van der Waals surface area contributed by atoms with Crippen molar-refractivity contribution in [1.82, 2.24) is 0 Å². The van der Waals surface area contributed by atoms with Crippen molar-refractivity contribution in [3.8, 4) is 0 Å². The Kier molecular flexibility index (Phi) is 7.37. The van der Waals surface area contributed by atoms with Gasteiger partial charge < -0.3 is 20.8 Å². The SMILES string of the molecule is O=C(O)CNc1ccccc1.O=C(O)CNc1cccs1. The third-order valence-electron chi connectivity index (χ3n) is 2.15. The number of hydrogen-bond donors (Lipinski definition) is 4. The topological polar surface area (TPSA) is 98.7 Å². The molecule has 21 heavy (non-hydrogen) atoms. The number of benzene rings is 1. The zero-order valence-corrected chi connectivity index (χ0v) is 12.0. The van der Waals surface area contributed by atoms with E-state index in [0.29, 0.717) is 0 Å². The van der Waals surface area contributed by atoms with Crippen molar-refractivity contribution in [2.45, 2.75) is 0 Å². The van der Waals surface area contributed by atoms with Crippen LogP contribution in [-0.2, 0) is 9.59 Å². The van der Waals surface area contributed by atoms with E-state index in [1.54, 1.807) is 0 Å². The van der Waals surface area contributed by atoms with Crippen molar-refractivity contribution in [2.24, 2.45) is 0 Å². The third-order valence-corrected chi connectivity index (χ3v) is 2.98. The molecule has 0 aliphatic carbocycles. The molecule has 112 valence electrons. The summed E-state index contributed by atoms with van der Waals surface area (Å²) in [4.78, 5) is 20.1. The molecule has 2 aromatic rings. The van der Waals surface area contributed by atoms with E-state index >= 15 is 0 Å². The first-order valence-corrected chi connectivity index (χ1v) is 6.96. The summed E-state index contributed by atoms with van der Waals surface area (Å²) in [7, 11) is 0. The second-order valence-electron chi connectivity index (χ2n) is 3.84. The number of aliphatic carboxylic acids is 2. The summed E-state index contributed by atoms with van der Waals surface area (Å²) in [6.07, 6.45) is 0. The van der Waals surface area contributed by atoms with Gasteiger partial charge in [0.1, 0.15) is 13.1 Å². The van der Waals surface area contributed by atoms with Gasteiger partial charge in [-0.3, -0.25) is 9.59 Å². The van der Waals surface area contributed by atoms with Crippen molar-refractivity contribution in [1.29, 1.82) is 0 Å². The van der Waals surface area contributed by atoms with E-state index in [9.17, 15) is 9.59 Å². The van der Waals surface area contributed by atoms with E-state index in [1.165, 1.54) is 11.3 Å². The van der Waals surface area contributed by atoms with E-state index in [1.807, 2.05) is 47.8 Å². The standard InChI is InChI=1S/C8H9NO2.C6H7NO2S/c10-8(11)6-9-7-4-2-1-3-5-7;8-6(9)4-7-5-2-1-3-10-5/h1-5,9H,6H2,(H,10,11);1-3,7H,4H2,(H,8,9). The van der Waals surface area contributed by atoms with Crippen molar-refractivity contribution < 1.29 is 19.8 Å². The zero-order valence-electron chi connectivity index (χ0n) is 11.2. The number of hydrogen-bond acceptors (Lipinski definition) is 5. The van der Waals surface area contributed by atoms with Gasteiger partial charge in [0.05, 0.1) is 5.00 Å². The van der Waals surface area contributed by atoms with Crippen molar-refractivity contribution in [3.05, 3.63) is 47.8 Å². The fraction of sp³-hybridized carbons (Fsp3) is 0.143. The molecular formula is C14H16N2O4S. The molecule has 0 aliphatic heterocycles. The van der Waals surface area contributed by atoms with Crippen LogP contribution in [0.3, 0.4) is 0 Å². The van der Waals surface area contributed by atoms with Crippen molar-refractivity contribution in [3.63, 3.8) is 0 Å². The monoisotopic (exact) mass is 308 g/mol. The van der Waals surface area contributed by atoms with Gasteiger partial charge in [0, 0.05) is 5.69 Å². The molecule has 4 N–H and O–H groups in total. The Hall–Kier alpha value is -2.54. The molecule has 0 spiro atoms. The van der Waals surface area contributed by atoms with Gasteiger partial charge in [-0.25, -0.2) is 0 Å². The van der Waals surface area contributed by atoms with Crippen LogP contribution in [0, 0.1) is 0 Å². The normalized spacial score (nSPS) is 9.14. The van der Waals surface area contributed by atoms with Crippen LogP contribution in [0.5, 0.6) is 0 Å². The van der Waals surface area contributed by atoms with Crippen LogP contribution in [0.25, 0.3) is 0 Å². The first-order chi connectivity index (χ1) is 10.1. The van der Waals surface area contributed by atoms with Crippen molar-refractivity contribution >= 4 is 34.0 Å². The van der Waals surface area contributed by atoms with Gasteiger partial charge in [-0.15, -0.1) is 11.3 Å². The second-order valence-corrected chi connectivity index (χ2v) is 4.79. The molecule has 1 aromatic carbocycles. The lowest BCUT2D eigenvalue weighted by atomic mass is 10.3. The summed E-state index contributed by atoms with van der Waals surface area (Å²) in [5.74, 6) is -1.69. The van der Waals surface area contributed by atoms with E-state index < -0.39 is 11.9 Å². The average Bonchev–Trinajstić information content (AvgIpc) is 2.98. The number of nitrogens with one attached hydrogen (secondary N) is 2. The third kappa shape index (κ3) is 8.27. The summed E-state index contributed by atoms with van der Waals surface area (Å²) in [6, 6.07) is 12.9. The summed E-state index contributed by atoms with van der Waals surface area (Å²) < 4.78 is 0. The Morgan fingerprint density at radius 1 is 0.905 bits per heavy atom. The minimum absolute atomic E-state index is 0.0134. The van der Waals surface area contributed by atoms with Crippen LogP contribution in [0.2, 0.25) is 0 Å². The van der Waals surface area contributed by atoms with E-state index in [4.69, 9.17) is 10.2 Å². The molecule has 0 saturated carbocycles. The molecule has 0 atom stereocenters. The van der Waals surface area contributed by atoms with Gasteiger partial charge in [-0.2, -0.15) is 0 Å². The van der Waals surface area contributed by atoms with E-state index in [2.05, 4.69) is 10.6 Å². The number of carboxylic acids is 2. The number of anilines is 2. The molecule has 0 fully saturated rings. The second kappa shape index (κ2) is 9.38. The van der Waals surface area contributed by atoms with Gasteiger partial charge in [0.25, 0.3) is 0 Å².